The van der Waals surface area contributed by atoms with Crippen LogP contribution in [0.3, 0.4) is 0 Å². The van der Waals surface area contributed by atoms with Crippen LogP contribution in [0.2, 0.25) is 0 Å². The molecule has 3 heterocycles. The van der Waals surface area contributed by atoms with Crippen molar-refractivity contribution in [3.63, 3.8) is 0 Å². The summed E-state index contributed by atoms with van der Waals surface area (Å²) in [4.78, 5) is 11.1. The zero-order chi connectivity index (χ0) is 17.8. The molecule has 4 rings (SSSR count). The van der Waals surface area contributed by atoms with Gasteiger partial charge in [-0.25, -0.2) is 9.97 Å². The van der Waals surface area contributed by atoms with Gasteiger partial charge in [-0.2, -0.15) is 5.10 Å². The third-order valence-electron chi connectivity index (χ3n) is 4.91. The number of nitrogens with one attached hydrogen (secondary N) is 1. The maximum Gasteiger partial charge on any atom is 0.132 e. The molecule has 0 spiro atoms. The first-order chi connectivity index (χ1) is 12.8. The molecule has 1 fully saturated rings. The summed E-state index contributed by atoms with van der Waals surface area (Å²) in [6, 6.07) is 12.5. The van der Waals surface area contributed by atoms with Gasteiger partial charge in [0.25, 0.3) is 0 Å². The van der Waals surface area contributed by atoms with Gasteiger partial charge in [0.2, 0.25) is 0 Å². The van der Waals surface area contributed by atoms with E-state index >= 15 is 0 Å². The summed E-state index contributed by atoms with van der Waals surface area (Å²) >= 11 is 0. The van der Waals surface area contributed by atoms with Crippen molar-refractivity contribution in [1.29, 1.82) is 0 Å². The van der Waals surface area contributed by atoms with Gasteiger partial charge in [0.15, 0.2) is 0 Å². The fourth-order valence-corrected chi connectivity index (χ4v) is 3.66. The second kappa shape index (κ2) is 7.66. The predicted octanol–water partition coefficient (Wildman–Crippen LogP) is 3.40. The largest absolute Gasteiger partial charge is 0.378 e. The third-order valence-corrected chi connectivity index (χ3v) is 4.91. The molecule has 0 bridgehead atoms. The van der Waals surface area contributed by atoms with Gasteiger partial charge in [0.05, 0.1) is 18.5 Å². The Balaban J connectivity index is 1.57. The highest BCUT2D eigenvalue weighted by Crippen LogP contribution is 2.34. The van der Waals surface area contributed by atoms with E-state index in [9.17, 15) is 0 Å². The number of rotatable bonds is 5. The number of methoxy groups -OCH3 is 1. The molecule has 0 aliphatic carbocycles. The first-order valence-electron chi connectivity index (χ1n) is 8.98. The molecule has 1 aliphatic heterocycles. The van der Waals surface area contributed by atoms with Crippen LogP contribution in [0.15, 0.2) is 48.9 Å². The highest BCUT2D eigenvalue weighted by molar-refractivity contribution is 5.66. The average molecular weight is 349 g/mol. The molecule has 6 heteroatoms. The van der Waals surface area contributed by atoms with Crippen molar-refractivity contribution in [2.75, 3.05) is 25.1 Å². The van der Waals surface area contributed by atoms with E-state index < -0.39 is 0 Å². The molecule has 1 aliphatic rings. The van der Waals surface area contributed by atoms with Crippen molar-refractivity contribution in [2.24, 2.45) is 0 Å². The Morgan fingerprint density at radius 1 is 1.23 bits per heavy atom. The summed E-state index contributed by atoms with van der Waals surface area (Å²) in [5.74, 6) is 1.37. The normalized spacial score (nSPS) is 17.4. The standard InChI is InChI=1S/C20H23N5O/c1-26-13-17-10-19(22-14-21-17)25-9-5-8-16(12-25)20-18(11-23-24-20)15-6-3-2-4-7-15/h2-4,6-7,10-11,14,16H,5,8-9,12-13H2,1H3,(H,23,24). The number of hydrogen-bond donors (Lipinski definition) is 1. The first kappa shape index (κ1) is 16.7. The van der Waals surface area contributed by atoms with E-state index in [0.29, 0.717) is 12.5 Å². The Morgan fingerprint density at radius 3 is 2.96 bits per heavy atom. The second-order valence-electron chi connectivity index (χ2n) is 6.65. The molecule has 1 atom stereocenters. The van der Waals surface area contributed by atoms with Crippen LogP contribution in [0.4, 0.5) is 5.82 Å². The number of benzene rings is 1. The van der Waals surface area contributed by atoms with Crippen LogP contribution in [-0.4, -0.2) is 40.4 Å². The van der Waals surface area contributed by atoms with E-state index in [-0.39, 0.29) is 0 Å². The Hall–Kier alpha value is -2.73. The summed E-state index contributed by atoms with van der Waals surface area (Å²) in [5.41, 5.74) is 4.52. The van der Waals surface area contributed by atoms with Crippen molar-refractivity contribution in [1.82, 2.24) is 20.2 Å². The number of hydrogen-bond acceptors (Lipinski definition) is 5. The van der Waals surface area contributed by atoms with Gasteiger partial charge < -0.3 is 9.64 Å². The molecular formula is C20H23N5O. The second-order valence-corrected chi connectivity index (χ2v) is 6.65. The molecule has 0 radical (unpaired) electrons. The molecule has 0 amide bonds. The number of anilines is 1. The average Bonchev–Trinajstić information content (AvgIpc) is 3.19. The van der Waals surface area contributed by atoms with E-state index in [4.69, 9.17) is 4.74 Å². The van der Waals surface area contributed by atoms with Gasteiger partial charge in [-0.15, -0.1) is 0 Å². The topological polar surface area (TPSA) is 66.9 Å². The van der Waals surface area contributed by atoms with Crippen LogP contribution in [0.1, 0.15) is 30.1 Å². The van der Waals surface area contributed by atoms with Crippen molar-refractivity contribution in [3.8, 4) is 11.1 Å². The molecule has 1 aromatic carbocycles. The lowest BCUT2D eigenvalue weighted by Gasteiger charge is -2.33. The smallest absolute Gasteiger partial charge is 0.132 e. The van der Waals surface area contributed by atoms with E-state index in [2.05, 4.69) is 49.3 Å². The minimum atomic E-state index is 0.405. The third kappa shape index (κ3) is 3.46. The summed E-state index contributed by atoms with van der Waals surface area (Å²) in [5, 5.41) is 7.57. The summed E-state index contributed by atoms with van der Waals surface area (Å²) < 4.78 is 5.19. The Morgan fingerprint density at radius 2 is 2.12 bits per heavy atom. The van der Waals surface area contributed by atoms with Crippen molar-refractivity contribution in [3.05, 3.63) is 60.3 Å². The molecular weight excluding hydrogens is 326 g/mol. The molecule has 0 saturated carbocycles. The molecule has 3 aromatic rings. The van der Waals surface area contributed by atoms with Gasteiger partial charge in [-0.3, -0.25) is 5.10 Å². The van der Waals surface area contributed by atoms with Crippen LogP contribution in [-0.2, 0) is 11.3 Å². The fraction of sp³-hybridized carbons (Fsp3) is 0.350. The lowest BCUT2D eigenvalue weighted by molar-refractivity contribution is 0.181. The molecule has 1 unspecified atom stereocenters. The van der Waals surface area contributed by atoms with Gasteiger partial charge in [-0.05, 0) is 18.4 Å². The minimum Gasteiger partial charge on any atom is -0.378 e. The lowest BCUT2D eigenvalue weighted by atomic mass is 9.90. The SMILES string of the molecule is COCc1cc(N2CCCC(c3[nH]ncc3-c3ccccc3)C2)ncn1. The molecule has 26 heavy (non-hydrogen) atoms. The summed E-state index contributed by atoms with van der Waals surface area (Å²) in [7, 11) is 1.68. The maximum atomic E-state index is 5.19. The molecule has 134 valence electrons. The van der Waals surface area contributed by atoms with Crippen LogP contribution < -0.4 is 4.90 Å². The molecule has 2 aromatic heterocycles. The molecule has 6 nitrogen and oxygen atoms in total. The van der Waals surface area contributed by atoms with Crippen molar-refractivity contribution < 1.29 is 4.74 Å². The van der Waals surface area contributed by atoms with E-state index in [0.717, 1.165) is 37.4 Å². The number of aromatic nitrogens is 4. The zero-order valence-corrected chi connectivity index (χ0v) is 14.9. The van der Waals surface area contributed by atoms with Gasteiger partial charge >= 0.3 is 0 Å². The van der Waals surface area contributed by atoms with Crippen LogP contribution in [0.5, 0.6) is 0 Å². The van der Waals surface area contributed by atoms with E-state index in [1.165, 1.54) is 16.8 Å². The Kier molecular flexibility index (Phi) is 4.93. The maximum absolute atomic E-state index is 5.19. The van der Waals surface area contributed by atoms with Crippen LogP contribution in [0.25, 0.3) is 11.1 Å². The molecule has 1 saturated heterocycles. The van der Waals surface area contributed by atoms with Crippen molar-refractivity contribution >= 4 is 5.82 Å². The summed E-state index contributed by atoms with van der Waals surface area (Å²) in [6.45, 7) is 2.44. The van der Waals surface area contributed by atoms with Gasteiger partial charge in [0.1, 0.15) is 12.1 Å². The van der Waals surface area contributed by atoms with E-state index in [1.807, 2.05) is 18.3 Å². The monoisotopic (exact) mass is 349 g/mol. The number of nitrogens with zero attached hydrogens (tertiary/aromatic N) is 4. The highest BCUT2D eigenvalue weighted by atomic mass is 16.5. The minimum absolute atomic E-state index is 0.405. The number of ether oxygens (including phenoxy) is 1. The van der Waals surface area contributed by atoms with Crippen molar-refractivity contribution in [2.45, 2.75) is 25.4 Å². The van der Waals surface area contributed by atoms with Gasteiger partial charge in [-0.1, -0.05) is 30.3 Å². The van der Waals surface area contributed by atoms with Crippen LogP contribution >= 0.6 is 0 Å². The predicted molar refractivity (Wildman–Crippen MR) is 101 cm³/mol. The van der Waals surface area contributed by atoms with Gasteiger partial charge in [0, 0.05) is 43.4 Å². The number of H-pyrrole nitrogens is 1. The lowest BCUT2D eigenvalue weighted by Crippen LogP contribution is -2.35. The number of piperidine rings is 1. The highest BCUT2D eigenvalue weighted by Gasteiger charge is 2.26. The van der Waals surface area contributed by atoms with E-state index in [1.54, 1.807) is 13.4 Å². The number of aromatic amines is 1. The quantitative estimate of drug-likeness (QED) is 0.765. The fourth-order valence-electron chi connectivity index (χ4n) is 3.66. The first-order valence-corrected chi connectivity index (χ1v) is 8.98. The Bertz CT molecular complexity index is 848. The summed E-state index contributed by atoms with van der Waals surface area (Å²) in [6.07, 6.45) is 5.83. The van der Waals surface area contributed by atoms with Crippen LogP contribution in [0, 0.1) is 0 Å². The Labute approximate surface area is 153 Å². The zero-order valence-electron chi connectivity index (χ0n) is 14.9. The molecule has 1 N–H and O–H groups in total.